The molecule has 0 N–H and O–H groups in total. The normalized spacial score (nSPS) is 10.6. The van der Waals surface area contributed by atoms with Gasteiger partial charge in [-0.05, 0) is 24.5 Å². The Morgan fingerprint density at radius 2 is 2.27 bits per heavy atom. The van der Waals surface area contributed by atoms with Crippen molar-refractivity contribution in [2.45, 2.75) is 4.90 Å². The zero-order valence-corrected chi connectivity index (χ0v) is 10.0. The Kier molecular flexibility index (Phi) is 3.03. The van der Waals surface area contributed by atoms with Crippen LogP contribution in [0.1, 0.15) is 0 Å². The highest BCUT2D eigenvalue weighted by Crippen LogP contribution is 2.37. The number of pyridine rings is 1. The second-order valence-electron chi connectivity index (χ2n) is 2.99. The minimum absolute atomic E-state index is 0.711. The van der Waals surface area contributed by atoms with E-state index in [-0.39, 0.29) is 0 Å². The Morgan fingerprint density at radius 3 is 2.93 bits per heavy atom. The molecule has 0 saturated carbocycles. The molecule has 0 amide bonds. The lowest BCUT2D eigenvalue weighted by atomic mass is 10.2. The van der Waals surface area contributed by atoms with Gasteiger partial charge in [0.05, 0.1) is 17.0 Å². The van der Waals surface area contributed by atoms with Crippen LogP contribution in [0.2, 0.25) is 5.02 Å². The van der Waals surface area contributed by atoms with E-state index >= 15 is 0 Å². The lowest BCUT2D eigenvalue weighted by molar-refractivity contribution is 0.409. The molecule has 2 aromatic rings. The summed E-state index contributed by atoms with van der Waals surface area (Å²) in [5, 5.41) is 1.64. The van der Waals surface area contributed by atoms with Gasteiger partial charge in [0, 0.05) is 11.6 Å². The van der Waals surface area contributed by atoms with Crippen LogP contribution in [0.15, 0.2) is 29.3 Å². The quantitative estimate of drug-likeness (QED) is 0.748. The number of hydrogen-bond donors (Lipinski definition) is 0. The number of methoxy groups -OCH3 is 1. The van der Waals surface area contributed by atoms with E-state index in [1.165, 1.54) is 0 Å². The molecule has 0 radical (unpaired) electrons. The van der Waals surface area contributed by atoms with Crippen molar-refractivity contribution < 1.29 is 4.74 Å². The smallest absolute Gasteiger partial charge is 0.158 e. The van der Waals surface area contributed by atoms with Gasteiger partial charge in [-0.15, -0.1) is 11.8 Å². The van der Waals surface area contributed by atoms with Gasteiger partial charge in [0.1, 0.15) is 5.52 Å². The van der Waals surface area contributed by atoms with Gasteiger partial charge in [0.15, 0.2) is 5.75 Å². The Labute approximate surface area is 97.6 Å². The van der Waals surface area contributed by atoms with Crippen LogP contribution < -0.4 is 4.74 Å². The average molecular weight is 240 g/mol. The van der Waals surface area contributed by atoms with Gasteiger partial charge in [0.2, 0.25) is 0 Å². The molecule has 15 heavy (non-hydrogen) atoms. The molecule has 0 fully saturated rings. The molecule has 0 bridgehead atoms. The molecule has 0 saturated heterocycles. The van der Waals surface area contributed by atoms with Crippen LogP contribution in [0.25, 0.3) is 10.9 Å². The fraction of sp³-hybridized carbons (Fsp3) is 0.182. The first-order valence-electron chi connectivity index (χ1n) is 4.43. The van der Waals surface area contributed by atoms with E-state index in [2.05, 4.69) is 4.98 Å². The van der Waals surface area contributed by atoms with Gasteiger partial charge in [-0.3, -0.25) is 4.98 Å². The predicted molar refractivity (Wildman–Crippen MR) is 65.1 cm³/mol. The maximum atomic E-state index is 6.16. The molecule has 78 valence electrons. The van der Waals surface area contributed by atoms with E-state index in [1.807, 2.05) is 24.5 Å². The maximum Gasteiger partial charge on any atom is 0.158 e. The third-order valence-electron chi connectivity index (χ3n) is 2.19. The van der Waals surface area contributed by atoms with E-state index in [9.17, 15) is 0 Å². The lowest BCUT2D eigenvalue weighted by Gasteiger charge is -2.10. The third kappa shape index (κ3) is 1.77. The maximum absolute atomic E-state index is 6.16. The van der Waals surface area contributed by atoms with Crippen molar-refractivity contribution in [1.29, 1.82) is 0 Å². The molecule has 0 spiro atoms. The van der Waals surface area contributed by atoms with Crippen LogP contribution in [0.3, 0.4) is 0 Å². The van der Waals surface area contributed by atoms with Crippen LogP contribution in [0.5, 0.6) is 5.75 Å². The topological polar surface area (TPSA) is 22.1 Å². The number of halogens is 1. The molecule has 0 aliphatic heterocycles. The molecule has 2 rings (SSSR count). The highest BCUT2D eigenvalue weighted by atomic mass is 35.5. The molecule has 1 aromatic heterocycles. The summed E-state index contributed by atoms with van der Waals surface area (Å²) >= 11 is 7.76. The average Bonchev–Trinajstić information content (AvgIpc) is 2.29. The van der Waals surface area contributed by atoms with Gasteiger partial charge in [-0.2, -0.15) is 0 Å². The third-order valence-corrected chi connectivity index (χ3v) is 3.24. The van der Waals surface area contributed by atoms with Gasteiger partial charge in [-0.25, -0.2) is 0 Å². The summed E-state index contributed by atoms with van der Waals surface area (Å²) in [5.74, 6) is 0.794. The van der Waals surface area contributed by atoms with Crippen molar-refractivity contribution in [2.24, 2.45) is 0 Å². The van der Waals surface area contributed by atoms with Crippen molar-refractivity contribution in [3.63, 3.8) is 0 Å². The molecule has 0 aliphatic carbocycles. The second-order valence-corrected chi connectivity index (χ2v) is 4.25. The minimum Gasteiger partial charge on any atom is -0.493 e. The molecule has 0 atom stereocenters. The second kappa shape index (κ2) is 4.29. The molecule has 1 heterocycles. The van der Waals surface area contributed by atoms with Crippen LogP contribution in [-0.2, 0) is 0 Å². The summed E-state index contributed by atoms with van der Waals surface area (Å²) in [5.41, 5.74) is 0.817. The minimum atomic E-state index is 0.711. The van der Waals surface area contributed by atoms with E-state index < -0.39 is 0 Å². The summed E-state index contributed by atoms with van der Waals surface area (Å²) in [6.07, 6.45) is 3.73. The number of aromatic nitrogens is 1. The highest BCUT2D eigenvalue weighted by Gasteiger charge is 2.11. The Bertz CT molecular complexity index is 501. The van der Waals surface area contributed by atoms with E-state index in [1.54, 1.807) is 25.1 Å². The number of rotatable bonds is 2. The molecule has 1 aromatic carbocycles. The fourth-order valence-corrected chi connectivity index (χ4v) is 2.43. The molecule has 0 aliphatic rings. The number of nitrogens with zero attached hydrogens (tertiary/aromatic N) is 1. The lowest BCUT2D eigenvalue weighted by Crippen LogP contribution is -1.90. The summed E-state index contributed by atoms with van der Waals surface area (Å²) in [4.78, 5) is 5.31. The Morgan fingerprint density at radius 1 is 1.47 bits per heavy atom. The van der Waals surface area contributed by atoms with Crippen molar-refractivity contribution >= 4 is 34.3 Å². The predicted octanol–water partition coefficient (Wildman–Crippen LogP) is 3.62. The van der Waals surface area contributed by atoms with Crippen LogP contribution in [-0.4, -0.2) is 18.3 Å². The van der Waals surface area contributed by atoms with E-state index in [0.717, 1.165) is 21.5 Å². The van der Waals surface area contributed by atoms with Crippen LogP contribution >= 0.6 is 23.4 Å². The largest absolute Gasteiger partial charge is 0.493 e. The summed E-state index contributed by atoms with van der Waals surface area (Å²) < 4.78 is 5.36. The zero-order valence-electron chi connectivity index (χ0n) is 8.45. The van der Waals surface area contributed by atoms with Crippen molar-refractivity contribution in [3.05, 3.63) is 29.4 Å². The first-order valence-corrected chi connectivity index (χ1v) is 6.03. The first kappa shape index (κ1) is 10.6. The van der Waals surface area contributed by atoms with Crippen molar-refractivity contribution in [2.75, 3.05) is 13.4 Å². The Balaban J connectivity index is 2.85. The molecule has 0 unspecified atom stereocenters. The summed E-state index contributed by atoms with van der Waals surface area (Å²) in [6, 6.07) is 5.72. The Hall–Kier alpha value is -0.930. The highest BCUT2D eigenvalue weighted by molar-refractivity contribution is 7.98. The number of fused-ring (bicyclic) bond motifs is 1. The van der Waals surface area contributed by atoms with Gasteiger partial charge in [-0.1, -0.05) is 11.6 Å². The number of thioether (sulfide) groups is 1. The summed E-state index contributed by atoms with van der Waals surface area (Å²) in [6.45, 7) is 0. The SMILES string of the molecule is COc1c(SC)cc(Cl)c2cccnc12. The van der Waals surface area contributed by atoms with Gasteiger partial charge < -0.3 is 4.74 Å². The molecular weight excluding hydrogens is 230 g/mol. The van der Waals surface area contributed by atoms with Crippen LogP contribution in [0.4, 0.5) is 0 Å². The van der Waals surface area contributed by atoms with E-state index in [0.29, 0.717) is 5.02 Å². The molecule has 4 heteroatoms. The van der Waals surface area contributed by atoms with Crippen molar-refractivity contribution in [3.8, 4) is 5.75 Å². The number of ether oxygens (including phenoxy) is 1. The van der Waals surface area contributed by atoms with Crippen molar-refractivity contribution in [1.82, 2.24) is 4.98 Å². The standard InChI is InChI=1S/C11H10ClNOS/c1-14-11-9(15-2)6-8(12)7-4-3-5-13-10(7)11/h3-6H,1-2H3. The molecule has 2 nitrogen and oxygen atoms in total. The van der Waals surface area contributed by atoms with E-state index in [4.69, 9.17) is 16.3 Å². The van der Waals surface area contributed by atoms with Gasteiger partial charge >= 0.3 is 0 Å². The monoisotopic (exact) mass is 239 g/mol. The zero-order chi connectivity index (χ0) is 10.8. The fourth-order valence-electron chi connectivity index (χ4n) is 1.50. The summed E-state index contributed by atoms with van der Waals surface area (Å²) in [7, 11) is 1.65. The molecular formula is C11H10ClNOS. The first-order chi connectivity index (χ1) is 7.27. The van der Waals surface area contributed by atoms with Gasteiger partial charge in [0.25, 0.3) is 0 Å². The number of benzene rings is 1. The number of hydrogen-bond acceptors (Lipinski definition) is 3. The van der Waals surface area contributed by atoms with Crippen LogP contribution in [0, 0.1) is 0 Å².